The zero-order chi connectivity index (χ0) is 34.3. The fourth-order valence-electron chi connectivity index (χ4n) is 5.15. The molecule has 0 aliphatic heterocycles. The molecule has 2 rings (SSSR count). The molecule has 0 fully saturated rings. The summed E-state index contributed by atoms with van der Waals surface area (Å²) in [5.41, 5.74) is 0.709. The van der Waals surface area contributed by atoms with Crippen molar-refractivity contribution >= 4 is 0 Å². The largest absolute Gasteiger partial charge is 0.496 e. The predicted octanol–water partition coefficient (Wildman–Crippen LogP) is 10.1. The van der Waals surface area contributed by atoms with Gasteiger partial charge >= 0.3 is 29.9 Å². The molecule has 1 aromatic carbocycles. The van der Waals surface area contributed by atoms with E-state index in [0.717, 1.165) is 38.1 Å². The number of hydrogen-bond donors (Lipinski definition) is 0. The Balaban J connectivity index is 1.72. The van der Waals surface area contributed by atoms with Crippen LogP contribution in [0.2, 0.25) is 0 Å². The maximum Gasteiger partial charge on any atom is 0.460 e. The highest BCUT2D eigenvalue weighted by Gasteiger charge is 2.86. The van der Waals surface area contributed by atoms with Crippen molar-refractivity contribution in [3.8, 4) is 5.75 Å². The second-order valence-corrected chi connectivity index (χ2v) is 11.4. The smallest absolute Gasteiger partial charge is 0.460 e. The van der Waals surface area contributed by atoms with Gasteiger partial charge in [0.2, 0.25) is 0 Å². The van der Waals surface area contributed by atoms with Crippen molar-refractivity contribution in [2.24, 2.45) is 0 Å². The lowest BCUT2D eigenvalue weighted by Crippen LogP contribution is -2.66. The lowest BCUT2D eigenvalue weighted by molar-refractivity contribution is -0.696. The number of nitrogens with zero attached hydrogens (tertiary/aromatic N) is 2. The van der Waals surface area contributed by atoms with Crippen molar-refractivity contribution in [2.75, 3.05) is 7.11 Å². The van der Waals surface area contributed by atoms with Crippen LogP contribution in [0.15, 0.2) is 30.6 Å². The Hall–Kier alpha value is -2.61. The number of rotatable bonds is 19. The Morgan fingerprint density at radius 1 is 0.733 bits per heavy atom. The number of ether oxygens (including phenoxy) is 1. The van der Waals surface area contributed by atoms with Gasteiger partial charge in [-0.2, -0.15) is 48.3 Å². The summed E-state index contributed by atoms with van der Waals surface area (Å²) in [6.45, 7) is 5.29. The Kier molecular flexibility index (Phi) is 13.1. The van der Waals surface area contributed by atoms with Gasteiger partial charge in [0, 0.05) is 12.0 Å². The zero-order valence-electron chi connectivity index (χ0n) is 25.3. The molecule has 2 aromatic rings. The Bertz CT molecular complexity index is 1210. The molecule has 1 heterocycles. The molecule has 1 aromatic heterocycles. The lowest BCUT2D eigenvalue weighted by Gasteiger charge is -2.37. The van der Waals surface area contributed by atoms with Gasteiger partial charge < -0.3 is 4.74 Å². The van der Waals surface area contributed by atoms with E-state index in [0.29, 0.717) is 30.7 Å². The van der Waals surface area contributed by atoms with Crippen molar-refractivity contribution in [3.63, 3.8) is 0 Å². The number of hydrogen-bond acceptors (Lipinski definition) is 1. The molecule has 0 aliphatic rings. The molecule has 0 aliphatic carbocycles. The van der Waals surface area contributed by atoms with Gasteiger partial charge in [-0.3, -0.25) is 0 Å². The molecule has 0 unspecified atom stereocenters. The third-order valence-corrected chi connectivity index (χ3v) is 7.61. The van der Waals surface area contributed by atoms with Crippen LogP contribution in [0.5, 0.6) is 5.75 Å². The number of halogens is 12. The van der Waals surface area contributed by atoms with Crippen molar-refractivity contribution in [1.82, 2.24) is 4.57 Å². The summed E-state index contributed by atoms with van der Waals surface area (Å²) in [5.74, 6) is -25.9. The monoisotopic (exact) mass is 671 g/mol. The maximum absolute atomic E-state index is 13.8. The van der Waals surface area contributed by atoms with Crippen LogP contribution >= 0.6 is 0 Å². The summed E-state index contributed by atoms with van der Waals surface area (Å²) in [5, 5.41) is 0. The Morgan fingerprint density at radius 3 is 1.78 bits per heavy atom. The second kappa shape index (κ2) is 15.3. The van der Waals surface area contributed by atoms with Crippen molar-refractivity contribution in [2.45, 2.75) is 127 Å². The fourth-order valence-corrected chi connectivity index (χ4v) is 5.15. The molecule has 0 N–H and O–H groups in total. The molecule has 3 nitrogen and oxygen atoms in total. The van der Waals surface area contributed by atoms with Crippen LogP contribution in [-0.2, 0) is 13.1 Å². The number of unbranched alkanes of at least 4 members (excludes halogenated alkanes) is 8. The lowest BCUT2D eigenvalue weighted by atomic mass is 9.94. The molecular formula is C30H39F12N2O+. The maximum atomic E-state index is 13.8. The van der Waals surface area contributed by atoms with Crippen LogP contribution in [0.3, 0.4) is 0 Å². The molecule has 0 amide bonds. The van der Waals surface area contributed by atoms with E-state index >= 15 is 0 Å². The molecule has 15 heteroatoms. The van der Waals surface area contributed by atoms with Crippen LogP contribution in [0.4, 0.5) is 52.7 Å². The highest BCUT2D eigenvalue weighted by atomic mass is 19.4. The topological polar surface area (TPSA) is 18.0 Å². The average Bonchev–Trinajstić information content (AvgIpc) is 3.33. The molecule has 0 atom stereocenters. The number of aryl methyl sites for hydroxylation is 1. The minimum atomic E-state index is -7.34. The third-order valence-electron chi connectivity index (χ3n) is 7.61. The van der Waals surface area contributed by atoms with E-state index in [1.165, 1.54) is 19.2 Å². The van der Waals surface area contributed by atoms with E-state index in [-0.39, 0.29) is 24.6 Å². The first-order valence-electron chi connectivity index (χ1n) is 14.7. The van der Waals surface area contributed by atoms with E-state index < -0.39 is 42.7 Å². The van der Waals surface area contributed by atoms with E-state index in [2.05, 4.69) is 18.4 Å². The summed E-state index contributed by atoms with van der Waals surface area (Å²) < 4.78 is 167. The second-order valence-electron chi connectivity index (χ2n) is 11.4. The van der Waals surface area contributed by atoms with Gasteiger partial charge in [-0.25, -0.2) is 13.5 Å². The minimum absolute atomic E-state index is 0.111. The van der Waals surface area contributed by atoms with Gasteiger partial charge in [0.25, 0.3) is 5.82 Å². The fraction of sp³-hybridized carbons (Fsp3) is 0.700. The van der Waals surface area contributed by atoms with Gasteiger partial charge in [0.1, 0.15) is 30.5 Å². The van der Waals surface area contributed by atoms with E-state index in [9.17, 15) is 52.7 Å². The molecule has 0 radical (unpaired) electrons. The molecule has 258 valence electrons. The number of methoxy groups -OCH3 is 1. The van der Waals surface area contributed by atoms with E-state index in [4.69, 9.17) is 4.74 Å². The van der Waals surface area contributed by atoms with E-state index in [1.807, 2.05) is 17.0 Å². The average molecular weight is 672 g/mol. The van der Waals surface area contributed by atoms with Gasteiger partial charge in [-0.05, 0) is 37.5 Å². The quantitative estimate of drug-likeness (QED) is 0.0826. The standard InChI is InChI=1S/C30H39F12N2O/c1-21(2)25-43(17-18-44(25)20-22-19-23(31)13-14-24(22)45-3)16-12-10-8-6-4-5-7-9-11-15-26(32,33)27(34,35)28(36,37)29(38,39)30(40,41)42/h13-14,17-19,21H,4-12,15-16,20H2,1-3H3/q+1. The normalized spacial score (nSPS) is 13.6. The Morgan fingerprint density at radius 2 is 1.27 bits per heavy atom. The molecular weight excluding hydrogens is 632 g/mol. The predicted molar refractivity (Wildman–Crippen MR) is 143 cm³/mol. The summed E-state index contributed by atoms with van der Waals surface area (Å²) in [4.78, 5) is 0. The third kappa shape index (κ3) is 9.02. The van der Waals surface area contributed by atoms with Crippen LogP contribution < -0.4 is 9.30 Å². The molecule has 0 saturated carbocycles. The van der Waals surface area contributed by atoms with Gasteiger partial charge in [-0.15, -0.1) is 0 Å². The van der Waals surface area contributed by atoms with Crippen LogP contribution in [0.25, 0.3) is 0 Å². The highest BCUT2D eigenvalue weighted by Crippen LogP contribution is 2.58. The van der Waals surface area contributed by atoms with Crippen LogP contribution in [0.1, 0.15) is 95.4 Å². The van der Waals surface area contributed by atoms with Crippen molar-refractivity contribution in [1.29, 1.82) is 0 Å². The summed E-state index contributed by atoms with van der Waals surface area (Å²) in [6, 6.07) is 4.36. The highest BCUT2D eigenvalue weighted by molar-refractivity contribution is 5.33. The number of imidazole rings is 1. The molecule has 0 spiro atoms. The first kappa shape index (κ1) is 38.6. The molecule has 0 saturated heterocycles. The number of aromatic nitrogens is 2. The summed E-state index contributed by atoms with van der Waals surface area (Å²) in [7, 11) is 1.52. The number of alkyl halides is 11. The van der Waals surface area contributed by atoms with Crippen molar-refractivity contribution in [3.05, 3.63) is 47.8 Å². The summed E-state index contributed by atoms with van der Waals surface area (Å²) >= 11 is 0. The zero-order valence-corrected chi connectivity index (χ0v) is 25.3. The first-order chi connectivity index (χ1) is 20.7. The summed E-state index contributed by atoms with van der Waals surface area (Å²) in [6.07, 6.45) is -1.23. The molecule has 45 heavy (non-hydrogen) atoms. The minimum Gasteiger partial charge on any atom is -0.496 e. The van der Waals surface area contributed by atoms with Crippen molar-refractivity contribution < 1.29 is 62.0 Å². The van der Waals surface area contributed by atoms with Gasteiger partial charge in [-0.1, -0.05) is 52.4 Å². The van der Waals surface area contributed by atoms with E-state index in [1.54, 1.807) is 6.07 Å². The Labute approximate surface area is 254 Å². The van der Waals surface area contributed by atoms with Crippen LogP contribution in [-0.4, -0.2) is 41.5 Å². The van der Waals surface area contributed by atoms with Gasteiger partial charge in [0.05, 0.1) is 19.6 Å². The van der Waals surface area contributed by atoms with Gasteiger partial charge in [0.15, 0.2) is 0 Å². The first-order valence-corrected chi connectivity index (χ1v) is 14.7. The SMILES string of the molecule is COc1ccc(F)cc1C[n+]1ccn(CCCCCCCCCCCC(F)(F)C(F)(F)C(F)(F)C(F)(F)C(F)(F)F)c1C(C)C. The van der Waals surface area contributed by atoms with Crippen LogP contribution in [0, 0.1) is 5.82 Å². The molecule has 0 bridgehead atoms. The number of benzene rings is 1.